The summed E-state index contributed by atoms with van der Waals surface area (Å²) in [6.07, 6.45) is 1.60. The van der Waals surface area contributed by atoms with Crippen molar-refractivity contribution < 1.29 is 4.74 Å². The van der Waals surface area contributed by atoms with Crippen LogP contribution in [-0.2, 0) is 6.61 Å². The molecule has 4 nitrogen and oxygen atoms in total. The summed E-state index contributed by atoms with van der Waals surface area (Å²) in [5.74, 6) is 0.740. The molecule has 102 valence electrons. The Morgan fingerprint density at radius 1 is 1.40 bits per heavy atom. The monoisotopic (exact) mass is 331 g/mol. The molecule has 20 heavy (non-hydrogen) atoms. The summed E-state index contributed by atoms with van der Waals surface area (Å²) in [5.41, 5.74) is 8.16. The molecule has 2 aromatic rings. The van der Waals surface area contributed by atoms with E-state index in [1.54, 1.807) is 12.3 Å². The number of hydrogen-bond acceptors (Lipinski definition) is 4. The number of pyridine rings is 1. The lowest BCUT2D eigenvalue weighted by Crippen LogP contribution is -2.08. The SMILES string of the molecule is C[C@H](N)c1ccc(Br)cc1OCc1ccnc(C#N)c1. The molecule has 0 saturated heterocycles. The van der Waals surface area contributed by atoms with Crippen LogP contribution in [0.1, 0.15) is 29.8 Å². The van der Waals surface area contributed by atoms with Crippen molar-refractivity contribution in [1.29, 1.82) is 5.26 Å². The van der Waals surface area contributed by atoms with Gasteiger partial charge < -0.3 is 10.5 Å². The fraction of sp³-hybridized carbons (Fsp3) is 0.200. The van der Waals surface area contributed by atoms with E-state index in [4.69, 9.17) is 15.7 Å². The number of nitriles is 1. The zero-order valence-electron chi connectivity index (χ0n) is 11.0. The normalized spacial score (nSPS) is 11.7. The van der Waals surface area contributed by atoms with Crippen molar-refractivity contribution in [3.8, 4) is 11.8 Å². The Morgan fingerprint density at radius 3 is 2.90 bits per heavy atom. The topological polar surface area (TPSA) is 71.9 Å². The molecular formula is C15H14BrN3O. The van der Waals surface area contributed by atoms with Crippen molar-refractivity contribution in [3.05, 3.63) is 57.8 Å². The van der Waals surface area contributed by atoms with E-state index < -0.39 is 0 Å². The first-order valence-corrected chi connectivity index (χ1v) is 6.92. The number of aromatic nitrogens is 1. The zero-order valence-corrected chi connectivity index (χ0v) is 12.6. The van der Waals surface area contributed by atoms with Gasteiger partial charge in [-0.3, -0.25) is 0 Å². The maximum Gasteiger partial charge on any atom is 0.140 e. The first-order chi connectivity index (χ1) is 9.60. The van der Waals surface area contributed by atoms with Gasteiger partial charge in [-0.2, -0.15) is 5.26 Å². The van der Waals surface area contributed by atoms with E-state index in [1.807, 2.05) is 37.3 Å². The molecule has 0 bridgehead atoms. The zero-order chi connectivity index (χ0) is 14.5. The van der Waals surface area contributed by atoms with E-state index >= 15 is 0 Å². The molecule has 0 aliphatic carbocycles. The smallest absolute Gasteiger partial charge is 0.140 e. The highest BCUT2D eigenvalue weighted by Crippen LogP contribution is 2.28. The Kier molecular flexibility index (Phi) is 4.72. The predicted octanol–water partition coefficient (Wildman–Crippen LogP) is 3.31. The molecular weight excluding hydrogens is 318 g/mol. The second-order valence-electron chi connectivity index (χ2n) is 4.42. The van der Waals surface area contributed by atoms with E-state index in [9.17, 15) is 0 Å². The molecule has 0 fully saturated rings. The van der Waals surface area contributed by atoms with Gasteiger partial charge in [0.1, 0.15) is 24.1 Å². The van der Waals surface area contributed by atoms with Crippen LogP contribution in [0.15, 0.2) is 41.0 Å². The first-order valence-electron chi connectivity index (χ1n) is 6.13. The Labute approximate surface area is 126 Å². The van der Waals surface area contributed by atoms with E-state index in [1.165, 1.54) is 0 Å². The molecule has 1 aromatic heterocycles. The van der Waals surface area contributed by atoms with Gasteiger partial charge in [0.15, 0.2) is 0 Å². The highest BCUT2D eigenvalue weighted by molar-refractivity contribution is 9.10. The summed E-state index contributed by atoms with van der Waals surface area (Å²) < 4.78 is 6.75. The summed E-state index contributed by atoms with van der Waals surface area (Å²) in [7, 11) is 0. The van der Waals surface area contributed by atoms with Crippen LogP contribution in [0, 0.1) is 11.3 Å². The van der Waals surface area contributed by atoms with Gasteiger partial charge in [0.05, 0.1) is 0 Å². The van der Waals surface area contributed by atoms with Crippen LogP contribution in [0.3, 0.4) is 0 Å². The molecule has 5 heteroatoms. The second-order valence-corrected chi connectivity index (χ2v) is 5.34. The third-order valence-corrected chi connectivity index (χ3v) is 3.29. The van der Waals surface area contributed by atoms with Crippen LogP contribution < -0.4 is 10.5 Å². The van der Waals surface area contributed by atoms with Crippen LogP contribution in [0.5, 0.6) is 5.75 Å². The minimum absolute atomic E-state index is 0.106. The maximum atomic E-state index is 8.82. The summed E-state index contributed by atoms with van der Waals surface area (Å²) in [6.45, 7) is 2.28. The van der Waals surface area contributed by atoms with Gasteiger partial charge >= 0.3 is 0 Å². The number of ether oxygens (including phenoxy) is 1. The Hall–Kier alpha value is -1.90. The Morgan fingerprint density at radius 2 is 2.20 bits per heavy atom. The van der Waals surface area contributed by atoms with Crippen LogP contribution in [0.2, 0.25) is 0 Å². The molecule has 1 atom stereocenters. The molecule has 1 aromatic carbocycles. The number of rotatable bonds is 4. The number of nitrogens with zero attached hydrogens (tertiary/aromatic N) is 2. The van der Waals surface area contributed by atoms with Gasteiger partial charge in [-0.15, -0.1) is 0 Å². The van der Waals surface area contributed by atoms with Gasteiger partial charge in [-0.05, 0) is 36.8 Å². The summed E-state index contributed by atoms with van der Waals surface area (Å²) >= 11 is 3.42. The molecule has 0 saturated carbocycles. The average Bonchev–Trinajstić information content (AvgIpc) is 2.45. The lowest BCUT2D eigenvalue weighted by Gasteiger charge is -2.14. The molecule has 0 aliphatic heterocycles. The quantitative estimate of drug-likeness (QED) is 0.932. The lowest BCUT2D eigenvalue weighted by atomic mass is 10.1. The van der Waals surface area contributed by atoms with Crippen molar-refractivity contribution in [3.63, 3.8) is 0 Å². The van der Waals surface area contributed by atoms with E-state index in [0.29, 0.717) is 12.3 Å². The molecule has 1 heterocycles. The van der Waals surface area contributed by atoms with Crippen molar-refractivity contribution in [1.82, 2.24) is 4.98 Å². The summed E-state index contributed by atoms with van der Waals surface area (Å²) in [4.78, 5) is 3.93. The van der Waals surface area contributed by atoms with Crippen LogP contribution in [-0.4, -0.2) is 4.98 Å². The van der Waals surface area contributed by atoms with Crippen LogP contribution in [0.4, 0.5) is 0 Å². The van der Waals surface area contributed by atoms with Gasteiger partial charge in [0.25, 0.3) is 0 Å². The van der Waals surface area contributed by atoms with Crippen molar-refractivity contribution in [2.75, 3.05) is 0 Å². The lowest BCUT2D eigenvalue weighted by molar-refractivity contribution is 0.301. The van der Waals surface area contributed by atoms with E-state index in [-0.39, 0.29) is 6.04 Å². The summed E-state index contributed by atoms with van der Waals surface area (Å²) in [6, 6.07) is 11.2. The van der Waals surface area contributed by atoms with Crippen molar-refractivity contribution in [2.24, 2.45) is 5.73 Å². The third-order valence-electron chi connectivity index (χ3n) is 2.80. The Bertz CT molecular complexity index is 650. The third kappa shape index (κ3) is 3.56. The van der Waals surface area contributed by atoms with Crippen LogP contribution in [0.25, 0.3) is 0 Å². The van der Waals surface area contributed by atoms with E-state index in [0.717, 1.165) is 21.3 Å². The average molecular weight is 332 g/mol. The highest BCUT2D eigenvalue weighted by Gasteiger charge is 2.09. The minimum atomic E-state index is -0.106. The fourth-order valence-corrected chi connectivity index (χ4v) is 2.14. The molecule has 0 radical (unpaired) electrons. The molecule has 0 unspecified atom stereocenters. The number of hydrogen-bond donors (Lipinski definition) is 1. The molecule has 2 N–H and O–H groups in total. The van der Waals surface area contributed by atoms with Gasteiger partial charge in [0.2, 0.25) is 0 Å². The minimum Gasteiger partial charge on any atom is -0.489 e. The largest absolute Gasteiger partial charge is 0.489 e. The fourth-order valence-electron chi connectivity index (χ4n) is 1.80. The standard InChI is InChI=1S/C15H14BrN3O/c1-10(18)14-3-2-12(16)7-15(14)20-9-11-4-5-19-13(6-11)8-17/h2-7,10H,9,18H2,1H3/t10-/m0/s1. The number of nitrogens with two attached hydrogens (primary N) is 1. The van der Waals surface area contributed by atoms with Crippen molar-refractivity contribution >= 4 is 15.9 Å². The highest BCUT2D eigenvalue weighted by atomic mass is 79.9. The molecule has 0 amide bonds. The van der Waals surface area contributed by atoms with E-state index in [2.05, 4.69) is 20.9 Å². The summed E-state index contributed by atoms with van der Waals surface area (Å²) in [5, 5.41) is 8.82. The maximum absolute atomic E-state index is 8.82. The van der Waals surface area contributed by atoms with Gasteiger partial charge in [-0.25, -0.2) is 4.98 Å². The Balaban J connectivity index is 2.18. The van der Waals surface area contributed by atoms with Crippen LogP contribution >= 0.6 is 15.9 Å². The molecule has 0 aliphatic rings. The second kappa shape index (κ2) is 6.51. The molecule has 0 spiro atoms. The van der Waals surface area contributed by atoms with Gasteiger partial charge in [0, 0.05) is 22.3 Å². The number of halogens is 1. The van der Waals surface area contributed by atoms with Gasteiger partial charge in [-0.1, -0.05) is 22.0 Å². The van der Waals surface area contributed by atoms with Crippen molar-refractivity contribution in [2.45, 2.75) is 19.6 Å². The number of benzene rings is 1. The first kappa shape index (κ1) is 14.5. The predicted molar refractivity (Wildman–Crippen MR) is 80.0 cm³/mol. The molecule has 2 rings (SSSR count).